The topological polar surface area (TPSA) is 68.3 Å². The highest BCUT2D eigenvalue weighted by Crippen LogP contribution is 2.15. The first-order valence-electron chi connectivity index (χ1n) is 7.41. The lowest BCUT2D eigenvalue weighted by atomic mass is 10.1. The number of unbranched alkanes of at least 4 members (excludes halogenated alkanes) is 2. The second-order valence-corrected chi connectivity index (χ2v) is 5.02. The van der Waals surface area contributed by atoms with Crippen LogP contribution in [-0.4, -0.2) is 30.5 Å². The third kappa shape index (κ3) is 4.28. The number of para-hydroxylation sites is 1. The van der Waals surface area contributed by atoms with Crippen molar-refractivity contribution in [3.8, 4) is 0 Å². The lowest BCUT2D eigenvalue weighted by molar-refractivity contribution is -0.140. The molecule has 0 aliphatic carbocycles. The number of fused-ring (bicyclic) bond motifs is 1. The average molecular weight is 300 g/mol. The summed E-state index contributed by atoms with van der Waals surface area (Å²) in [4.78, 5) is 27.4. The Morgan fingerprint density at radius 3 is 2.77 bits per heavy atom. The fourth-order valence-corrected chi connectivity index (χ4v) is 2.26. The van der Waals surface area contributed by atoms with Crippen LogP contribution in [0.3, 0.4) is 0 Å². The number of pyridine rings is 1. The van der Waals surface area contributed by atoms with Crippen molar-refractivity contribution in [2.45, 2.75) is 25.7 Å². The predicted octanol–water partition coefficient (Wildman–Crippen LogP) is 2.70. The third-order valence-corrected chi connectivity index (χ3v) is 3.46. The second-order valence-electron chi connectivity index (χ2n) is 5.02. The van der Waals surface area contributed by atoms with Crippen LogP contribution >= 0.6 is 0 Å². The zero-order valence-electron chi connectivity index (χ0n) is 12.7. The van der Waals surface area contributed by atoms with Gasteiger partial charge in [0, 0.05) is 24.5 Å². The van der Waals surface area contributed by atoms with E-state index in [9.17, 15) is 9.59 Å². The largest absolute Gasteiger partial charge is 0.469 e. The van der Waals surface area contributed by atoms with Crippen LogP contribution in [0.25, 0.3) is 10.9 Å². The maximum Gasteiger partial charge on any atom is 0.305 e. The summed E-state index contributed by atoms with van der Waals surface area (Å²) in [5.74, 6) is -0.279. The Labute approximate surface area is 129 Å². The van der Waals surface area contributed by atoms with Crippen molar-refractivity contribution in [2.75, 3.05) is 13.7 Å². The molecule has 0 fully saturated rings. The van der Waals surface area contributed by atoms with E-state index in [1.54, 1.807) is 12.3 Å². The Bertz CT molecular complexity index is 650. The number of aromatic nitrogens is 1. The summed E-state index contributed by atoms with van der Waals surface area (Å²) in [5, 5.41) is 3.77. The Hall–Kier alpha value is -2.43. The highest BCUT2D eigenvalue weighted by atomic mass is 16.5. The number of nitrogens with one attached hydrogen (secondary N) is 1. The van der Waals surface area contributed by atoms with Crippen molar-refractivity contribution < 1.29 is 14.3 Å². The highest BCUT2D eigenvalue weighted by Gasteiger charge is 2.09. The summed E-state index contributed by atoms with van der Waals surface area (Å²) < 4.78 is 4.58. The number of carbonyl (C=O) groups is 2. The minimum atomic E-state index is -0.188. The zero-order chi connectivity index (χ0) is 15.8. The second kappa shape index (κ2) is 8.12. The Morgan fingerprint density at radius 2 is 1.95 bits per heavy atom. The normalized spacial score (nSPS) is 10.4. The van der Waals surface area contributed by atoms with Crippen LogP contribution in [0.2, 0.25) is 0 Å². The van der Waals surface area contributed by atoms with Gasteiger partial charge >= 0.3 is 5.97 Å². The molecule has 0 unspecified atom stereocenters. The van der Waals surface area contributed by atoms with Crippen molar-refractivity contribution in [1.29, 1.82) is 0 Å². The van der Waals surface area contributed by atoms with Crippen molar-refractivity contribution in [2.24, 2.45) is 0 Å². The Balaban J connectivity index is 1.81. The van der Waals surface area contributed by atoms with Crippen molar-refractivity contribution in [3.63, 3.8) is 0 Å². The molecule has 1 amide bonds. The molecule has 0 bridgehead atoms. The fourth-order valence-electron chi connectivity index (χ4n) is 2.26. The van der Waals surface area contributed by atoms with Crippen LogP contribution in [0.5, 0.6) is 0 Å². The first-order valence-corrected chi connectivity index (χ1v) is 7.41. The van der Waals surface area contributed by atoms with Crippen molar-refractivity contribution >= 4 is 22.8 Å². The highest BCUT2D eigenvalue weighted by molar-refractivity contribution is 6.05. The average Bonchev–Trinajstić information content (AvgIpc) is 2.56. The summed E-state index contributed by atoms with van der Waals surface area (Å²) in [7, 11) is 1.39. The number of methoxy groups -OCH3 is 1. The SMILES string of the molecule is COC(=O)CCCCCNC(=O)c1ccnc2ccccc12. The van der Waals surface area contributed by atoms with E-state index in [0.717, 1.165) is 30.2 Å². The minimum absolute atomic E-state index is 0.0911. The van der Waals surface area contributed by atoms with Gasteiger partial charge in [0.05, 0.1) is 18.2 Å². The third-order valence-electron chi connectivity index (χ3n) is 3.46. The van der Waals surface area contributed by atoms with Gasteiger partial charge in [0.25, 0.3) is 5.91 Å². The number of rotatable bonds is 7. The summed E-state index contributed by atoms with van der Waals surface area (Å²) in [6.45, 7) is 0.594. The van der Waals surface area contributed by atoms with Crippen LogP contribution < -0.4 is 5.32 Å². The zero-order valence-corrected chi connectivity index (χ0v) is 12.7. The van der Waals surface area contributed by atoms with Gasteiger partial charge in [-0.05, 0) is 25.0 Å². The molecule has 0 radical (unpaired) electrons. The van der Waals surface area contributed by atoms with Gasteiger partial charge < -0.3 is 10.1 Å². The predicted molar refractivity (Wildman–Crippen MR) is 84.6 cm³/mol. The lowest BCUT2D eigenvalue weighted by Crippen LogP contribution is -2.24. The monoisotopic (exact) mass is 300 g/mol. The summed E-state index contributed by atoms with van der Waals surface area (Å²) in [6.07, 6.45) is 4.58. The quantitative estimate of drug-likeness (QED) is 0.630. The molecule has 0 atom stereocenters. The van der Waals surface area contributed by atoms with Gasteiger partial charge in [0.1, 0.15) is 0 Å². The summed E-state index contributed by atoms with van der Waals surface area (Å²) in [6, 6.07) is 9.31. The molecule has 1 aromatic heterocycles. The van der Waals surface area contributed by atoms with E-state index >= 15 is 0 Å². The first kappa shape index (κ1) is 15.9. The number of nitrogens with zero attached hydrogens (tertiary/aromatic N) is 1. The maximum absolute atomic E-state index is 12.2. The van der Waals surface area contributed by atoms with Gasteiger partial charge in [0.15, 0.2) is 0 Å². The molecule has 116 valence electrons. The molecule has 2 rings (SSSR count). The molecule has 2 aromatic rings. The molecule has 0 aliphatic heterocycles. The molecular formula is C17H20N2O3. The smallest absolute Gasteiger partial charge is 0.305 e. The minimum Gasteiger partial charge on any atom is -0.469 e. The Kier molecular flexibility index (Phi) is 5.89. The molecule has 0 saturated carbocycles. The van der Waals surface area contributed by atoms with Gasteiger partial charge in [-0.15, -0.1) is 0 Å². The van der Waals surface area contributed by atoms with E-state index in [1.165, 1.54) is 7.11 Å². The number of carbonyl (C=O) groups excluding carboxylic acids is 2. The van der Waals surface area contributed by atoms with Gasteiger partial charge in [-0.25, -0.2) is 0 Å². The van der Waals surface area contributed by atoms with E-state index in [1.807, 2.05) is 24.3 Å². The molecule has 5 nitrogen and oxygen atoms in total. The molecule has 1 heterocycles. The number of ether oxygens (including phenoxy) is 1. The van der Waals surface area contributed by atoms with Gasteiger partial charge in [-0.3, -0.25) is 14.6 Å². The maximum atomic E-state index is 12.2. The van der Waals surface area contributed by atoms with E-state index in [4.69, 9.17) is 0 Å². The molecule has 5 heteroatoms. The Morgan fingerprint density at radius 1 is 1.14 bits per heavy atom. The van der Waals surface area contributed by atoms with E-state index in [2.05, 4.69) is 15.0 Å². The van der Waals surface area contributed by atoms with Crippen LogP contribution in [0, 0.1) is 0 Å². The lowest BCUT2D eigenvalue weighted by Gasteiger charge is -2.07. The number of benzene rings is 1. The molecule has 22 heavy (non-hydrogen) atoms. The standard InChI is InChI=1S/C17H20N2O3/c1-22-16(20)9-3-2-6-11-19-17(21)14-10-12-18-15-8-5-4-7-13(14)15/h4-5,7-8,10,12H,2-3,6,9,11H2,1H3,(H,19,21). The van der Waals surface area contributed by atoms with Crippen LogP contribution in [-0.2, 0) is 9.53 Å². The number of hydrogen-bond acceptors (Lipinski definition) is 4. The first-order chi connectivity index (χ1) is 10.7. The van der Waals surface area contributed by atoms with Gasteiger partial charge in [0.2, 0.25) is 0 Å². The van der Waals surface area contributed by atoms with Gasteiger partial charge in [-0.2, -0.15) is 0 Å². The summed E-state index contributed by atoms with van der Waals surface area (Å²) in [5.41, 5.74) is 1.45. The summed E-state index contributed by atoms with van der Waals surface area (Å²) >= 11 is 0. The molecule has 0 aliphatic rings. The van der Waals surface area contributed by atoms with Gasteiger partial charge in [-0.1, -0.05) is 24.6 Å². The number of hydrogen-bond donors (Lipinski definition) is 1. The molecule has 1 N–H and O–H groups in total. The van der Waals surface area contributed by atoms with Crippen molar-refractivity contribution in [1.82, 2.24) is 10.3 Å². The van der Waals surface area contributed by atoms with E-state index in [-0.39, 0.29) is 11.9 Å². The molecule has 0 spiro atoms. The molecular weight excluding hydrogens is 280 g/mol. The molecule has 1 aromatic carbocycles. The number of amides is 1. The van der Waals surface area contributed by atoms with E-state index < -0.39 is 0 Å². The van der Waals surface area contributed by atoms with Crippen LogP contribution in [0.1, 0.15) is 36.0 Å². The van der Waals surface area contributed by atoms with Crippen LogP contribution in [0.15, 0.2) is 36.5 Å². The van der Waals surface area contributed by atoms with Crippen molar-refractivity contribution in [3.05, 3.63) is 42.1 Å². The van der Waals surface area contributed by atoms with E-state index in [0.29, 0.717) is 18.5 Å². The number of esters is 1. The fraction of sp³-hybridized carbons (Fsp3) is 0.353. The molecule has 0 saturated heterocycles. The van der Waals surface area contributed by atoms with Crippen LogP contribution in [0.4, 0.5) is 0 Å².